The molecule has 1 amide bonds. The lowest BCUT2D eigenvalue weighted by molar-refractivity contribution is -0.123. The summed E-state index contributed by atoms with van der Waals surface area (Å²) in [7, 11) is 1.97. The highest BCUT2D eigenvalue weighted by atomic mass is 16.2. The average Bonchev–Trinajstić information content (AvgIpc) is 2.42. The van der Waals surface area contributed by atoms with E-state index in [4.69, 9.17) is 0 Å². The van der Waals surface area contributed by atoms with E-state index in [-0.39, 0.29) is 18.0 Å². The van der Waals surface area contributed by atoms with Crippen molar-refractivity contribution >= 4 is 5.91 Å². The molecule has 3 N–H and O–H groups in total. The second-order valence-electron chi connectivity index (χ2n) is 5.47. The van der Waals surface area contributed by atoms with Gasteiger partial charge in [-0.05, 0) is 32.2 Å². The van der Waals surface area contributed by atoms with E-state index in [1.165, 1.54) is 0 Å². The summed E-state index contributed by atoms with van der Waals surface area (Å²) in [6.45, 7) is 11.3. The Balaban J connectivity index is 4.86. The summed E-state index contributed by atoms with van der Waals surface area (Å²) in [5, 5.41) is 9.74. The van der Waals surface area contributed by atoms with Crippen LogP contribution in [0.1, 0.15) is 53.9 Å². The summed E-state index contributed by atoms with van der Waals surface area (Å²) in [5.41, 5.74) is 1.13. The van der Waals surface area contributed by atoms with Crippen LogP contribution in [0.3, 0.4) is 0 Å². The fourth-order valence-corrected chi connectivity index (χ4v) is 2.27. The van der Waals surface area contributed by atoms with Gasteiger partial charge in [0.2, 0.25) is 5.91 Å². The van der Waals surface area contributed by atoms with Gasteiger partial charge in [0.15, 0.2) is 0 Å². The number of likely N-dealkylation sites (N-methyl/N-ethyl adjacent to an activating group) is 1. The first-order valence-electron chi connectivity index (χ1n) is 7.93. The van der Waals surface area contributed by atoms with Gasteiger partial charge in [0.05, 0.1) is 0 Å². The maximum atomic E-state index is 12.1. The van der Waals surface area contributed by atoms with Gasteiger partial charge in [-0.3, -0.25) is 4.79 Å². The molecular formula is C16H33N3O. The SMILES string of the molecule is CC/C=C(\NC(CC)C(=O)NCCC)C(NC)C(C)C. The van der Waals surface area contributed by atoms with Crippen molar-refractivity contribution in [3.8, 4) is 0 Å². The molecule has 0 fully saturated rings. The van der Waals surface area contributed by atoms with E-state index >= 15 is 0 Å². The Labute approximate surface area is 124 Å². The second-order valence-corrected chi connectivity index (χ2v) is 5.47. The molecule has 0 aliphatic rings. The van der Waals surface area contributed by atoms with Gasteiger partial charge in [-0.2, -0.15) is 0 Å². The zero-order valence-electron chi connectivity index (χ0n) is 14.0. The van der Waals surface area contributed by atoms with Crippen molar-refractivity contribution in [3.63, 3.8) is 0 Å². The third-order valence-electron chi connectivity index (χ3n) is 3.35. The molecule has 0 aromatic rings. The molecule has 0 bridgehead atoms. The Morgan fingerprint density at radius 3 is 2.25 bits per heavy atom. The van der Waals surface area contributed by atoms with Crippen LogP contribution in [0.5, 0.6) is 0 Å². The maximum absolute atomic E-state index is 12.1. The molecule has 0 saturated heterocycles. The van der Waals surface area contributed by atoms with E-state index in [1.807, 2.05) is 14.0 Å². The summed E-state index contributed by atoms with van der Waals surface area (Å²) < 4.78 is 0. The normalized spacial score (nSPS) is 15.1. The number of carbonyl (C=O) groups excluding carboxylic acids is 1. The summed E-state index contributed by atoms with van der Waals surface area (Å²) >= 11 is 0. The van der Waals surface area contributed by atoms with Crippen LogP contribution < -0.4 is 16.0 Å². The number of hydrogen-bond acceptors (Lipinski definition) is 3. The highest BCUT2D eigenvalue weighted by Crippen LogP contribution is 2.12. The Morgan fingerprint density at radius 1 is 1.20 bits per heavy atom. The fourth-order valence-electron chi connectivity index (χ4n) is 2.27. The molecule has 20 heavy (non-hydrogen) atoms. The Bertz CT molecular complexity index is 300. The van der Waals surface area contributed by atoms with E-state index in [1.54, 1.807) is 0 Å². The highest BCUT2D eigenvalue weighted by molar-refractivity contribution is 5.81. The van der Waals surface area contributed by atoms with E-state index in [0.29, 0.717) is 5.92 Å². The van der Waals surface area contributed by atoms with Crippen LogP contribution in [0, 0.1) is 5.92 Å². The molecule has 0 heterocycles. The largest absolute Gasteiger partial charge is 0.376 e. The standard InChI is InChI=1S/C16H33N3O/c1-7-10-14(15(17-6)12(4)5)19-13(9-3)16(20)18-11-8-2/h10,12-13,15,17,19H,7-9,11H2,1-6H3,(H,18,20)/b14-10-. The van der Waals surface area contributed by atoms with Crippen LogP contribution in [0.25, 0.3) is 0 Å². The summed E-state index contributed by atoms with van der Waals surface area (Å²) in [5.74, 6) is 0.566. The van der Waals surface area contributed by atoms with Crippen molar-refractivity contribution in [3.05, 3.63) is 11.8 Å². The zero-order valence-corrected chi connectivity index (χ0v) is 14.0. The molecule has 4 heteroatoms. The molecule has 4 nitrogen and oxygen atoms in total. The van der Waals surface area contributed by atoms with Crippen LogP contribution in [0.2, 0.25) is 0 Å². The fraction of sp³-hybridized carbons (Fsp3) is 0.812. The highest BCUT2D eigenvalue weighted by Gasteiger charge is 2.22. The Morgan fingerprint density at radius 2 is 1.85 bits per heavy atom. The molecule has 2 atom stereocenters. The van der Waals surface area contributed by atoms with Gasteiger partial charge < -0.3 is 16.0 Å². The molecule has 118 valence electrons. The van der Waals surface area contributed by atoms with E-state index < -0.39 is 0 Å². The van der Waals surface area contributed by atoms with Gasteiger partial charge in [-0.1, -0.05) is 40.7 Å². The molecule has 0 spiro atoms. The number of amides is 1. The third kappa shape index (κ3) is 6.42. The Hall–Kier alpha value is -1.03. The molecule has 0 saturated carbocycles. The van der Waals surface area contributed by atoms with Crippen LogP contribution in [-0.2, 0) is 4.79 Å². The molecule has 0 aliphatic carbocycles. The predicted octanol–water partition coefficient (Wildman–Crippen LogP) is 2.42. The van der Waals surface area contributed by atoms with Crippen molar-refractivity contribution in [1.82, 2.24) is 16.0 Å². The third-order valence-corrected chi connectivity index (χ3v) is 3.35. The first kappa shape index (κ1) is 19.0. The maximum Gasteiger partial charge on any atom is 0.242 e. The minimum atomic E-state index is -0.158. The van der Waals surface area contributed by atoms with Gasteiger partial charge in [-0.15, -0.1) is 0 Å². The van der Waals surface area contributed by atoms with Gasteiger partial charge in [0.25, 0.3) is 0 Å². The molecule has 0 rings (SSSR count). The van der Waals surface area contributed by atoms with Gasteiger partial charge in [0.1, 0.15) is 6.04 Å². The predicted molar refractivity (Wildman–Crippen MR) is 86.6 cm³/mol. The summed E-state index contributed by atoms with van der Waals surface area (Å²) in [4.78, 5) is 12.1. The molecule has 0 aliphatic heterocycles. The lowest BCUT2D eigenvalue weighted by Crippen LogP contribution is -2.48. The summed E-state index contributed by atoms with van der Waals surface area (Å²) in [6, 6.07) is 0.0944. The minimum Gasteiger partial charge on any atom is -0.376 e. The number of allylic oxidation sites excluding steroid dienone is 1. The van der Waals surface area contributed by atoms with E-state index in [0.717, 1.165) is 31.5 Å². The van der Waals surface area contributed by atoms with E-state index in [2.05, 4.69) is 49.7 Å². The molecule has 0 radical (unpaired) electrons. The van der Waals surface area contributed by atoms with Crippen molar-refractivity contribution in [2.45, 2.75) is 66.0 Å². The number of hydrogen-bond donors (Lipinski definition) is 3. The quantitative estimate of drug-likeness (QED) is 0.577. The number of rotatable bonds is 10. The lowest BCUT2D eigenvalue weighted by atomic mass is 9.99. The second kappa shape index (κ2) is 10.7. The number of carbonyl (C=O) groups is 1. The van der Waals surface area contributed by atoms with Crippen molar-refractivity contribution < 1.29 is 4.79 Å². The molecule has 0 aromatic heterocycles. The minimum absolute atomic E-state index is 0.0926. The first-order valence-corrected chi connectivity index (χ1v) is 7.93. The topological polar surface area (TPSA) is 53.2 Å². The van der Waals surface area contributed by atoms with Gasteiger partial charge in [-0.25, -0.2) is 0 Å². The van der Waals surface area contributed by atoms with Crippen molar-refractivity contribution in [2.75, 3.05) is 13.6 Å². The van der Waals surface area contributed by atoms with E-state index in [9.17, 15) is 4.79 Å². The monoisotopic (exact) mass is 283 g/mol. The Kier molecular flexibility index (Phi) is 10.2. The van der Waals surface area contributed by atoms with Crippen molar-refractivity contribution in [2.24, 2.45) is 5.92 Å². The van der Waals surface area contributed by atoms with Crippen LogP contribution >= 0.6 is 0 Å². The van der Waals surface area contributed by atoms with Gasteiger partial charge in [0, 0.05) is 18.3 Å². The zero-order chi connectivity index (χ0) is 15.5. The van der Waals surface area contributed by atoms with Crippen LogP contribution in [0.4, 0.5) is 0 Å². The molecular weight excluding hydrogens is 250 g/mol. The smallest absolute Gasteiger partial charge is 0.242 e. The van der Waals surface area contributed by atoms with Crippen LogP contribution in [-0.4, -0.2) is 31.6 Å². The molecule has 0 aromatic carbocycles. The van der Waals surface area contributed by atoms with Gasteiger partial charge >= 0.3 is 0 Å². The van der Waals surface area contributed by atoms with Crippen molar-refractivity contribution in [1.29, 1.82) is 0 Å². The average molecular weight is 283 g/mol. The number of nitrogens with one attached hydrogen (secondary N) is 3. The first-order chi connectivity index (χ1) is 9.51. The van der Waals surface area contributed by atoms with Crippen LogP contribution in [0.15, 0.2) is 11.8 Å². The lowest BCUT2D eigenvalue weighted by Gasteiger charge is -2.28. The molecule has 2 unspecified atom stereocenters. The summed E-state index contributed by atoms with van der Waals surface area (Å²) in [6.07, 6.45) is 4.88.